The molecular formula is C22H22N2O3. The summed E-state index contributed by atoms with van der Waals surface area (Å²) >= 11 is 0. The van der Waals surface area contributed by atoms with E-state index in [9.17, 15) is 9.59 Å². The Bertz CT molecular complexity index is 880. The van der Waals surface area contributed by atoms with Crippen LogP contribution in [0.3, 0.4) is 0 Å². The lowest BCUT2D eigenvalue weighted by molar-refractivity contribution is -0.179. The fourth-order valence-corrected chi connectivity index (χ4v) is 4.79. The monoisotopic (exact) mass is 362 g/mol. The Balaban J connectivity index is 1.39. The number of nitrogens with zero attached hydrogens (tertiary/aromatic N) is 2. The normalized spacial score (nSPS) is 26.8. The van der Waals surface area contributed by atoms with Crippen molar-refractivity contribution in [2.24, 2.45) is 0 Å². The molecule has 0 bridgehead atoms. The molecule has 5 rings (SSSR count). The van der Waals surface area contributed by atoms with E-state index < -0.39 is 5.72 Å². The van der Waals surface area contributed by atoms with E-state index >= 15 is 0 Å². The lowest BCUT2D eigenvalue weighted by Crippen LogP contribution is -2.56. The molecule has 2 amide bonds. The molecule has 2 aromatic rings. The van der Waals surface area contributed by atoms with Gasteiger partial charge in [-0.2, -0.15) is 0 Å². The molecule has 3 aliphatic heterocycles. The Morgan fingerprint density at radius 2 is 1.74 bits per heavy atom. The maximum atomic E-state index is 13.2. The molecule has 0 radical (unpaired) electrons. The van der Waals surface area contributed by atoms with Gasteiger partial charge in [-0.05, 0) is 29.7 Å². The fourth-order valence-electron chi connectivity index (χ4n) is 4.79. The molecule has 3 heterocycles. The van der Waals surface area contributed by atoms with Gasteiger partial charge in [0.15, 0.2) is 5.72 Å². The first-order valence-electron chi connectivity index (χ1n) is 9.60. The summed E-state index contributed by atoms with van der Waals surface area (Å²) in [5.74, 6) is 0.0944. The van der Waals surface area contributed by atoms with Crippen molar-refractivity contribution < 1.29 is 14.3 Å². The van der Waals surface area contributed by atoms with Gasteiger partial charge in [0.25, 0.3) is 5.91 Å². The average molecular weight is 362 g/mol. The highest BCUT2D eigenvalue weighted by Gasteiger charge is 2.61. The summed E-state index contributed by atoms with van der Waals surface area (Å²) in [5.41, 5.74) is 2.29. The third-order valence-corrected chi connectivity index (χ3v) is 6.11. The molecule has 27 heavy (non-hydrogen) atoms. The number of amides is 2. The van der Waals surface area contributed by atoms with Crippen LogP contribution in [0.2, 0.25) is 0 Å². The Morgan fingerprint density at radius 3 is 2.52 bits per heavy atom. The largest absolute Gasteiger partial charge is 0.353 e. The van der Waals surface area contributed by atoms with Crippen molar-refractivity contribution in [2.45, 2.75) is 31.0 Å². The first-order chi connectivity index (χ1) is 13.2. The van der Waals surface area contributed by atoms with Crippen LogP contribution in [0.25, 0.3) is 11.1 Å². The summed E-state index contributed by atoms with van der Waals surface area (Å²) in [6, 6.07) is 17.7. The molecule has 5 nitrogen and oxygen atoms in total. The molecule has 3 fully saturated rings. The van der Waals surface area contributed by atoms with E-state index in [1.165, 1.54) is 0 Å². The Morgan fingerprint density at radius 1 is 1.00 bits per heavy atom. The lowest BCUT2D eigenvalue weighted by atomic mass is 10.0. The second kappa shape index (κ2) is 6.20. The molecule has 3 aliphatic rings. The third kappa shape index (κ3) is 2.49. The zero-order valence-corrected chi connectivity index (χ0v) is 15.1. The van der Waals surface area contributed by atoms with Crippen LogP contribution in [0.1, 0.15) is 29.6 Å². The molecule has 1 spiro atoms. The second-order valence-electron chi connectivity index (χ2n) is 7.50. The Hall–Kier alpha value is -2.66. The first kappa shape index (κ1) is 16.5. The number of ether oxygens (including phenoxy) is 1. The molecule has 5 heteroatoms. The number of carbonyl (C=O) groups is 2. The molecule has 0 N–H and O–H groups in total. The molecular weight excluding hydrogens is 340 g/mol. The minimum absolute atomic E-state index is 0.0136. The van der Waals surface area contributed by atoms with Gasteiger partial charge in [-0.3, -0.25) is 9.59 Å². The smallest absolute Gasteiger partial charge is 0.254 e. The highest BCUT2D eigenvalue weighted by molar-refractivity contribution is 5.96. The molecule has 0 aromatic heterocycles. The van der Waals surface area contributed by atoms with E-state index in [1.54, 1.807) is 0 Å². The molecule has 2 aromatic carbocycles. The van der Waals surface area contributed by atoms with Gasteiger partial charge in [-0.15, -0.1) is 0 Å². The van der Waals surface area contributed by atoms with Crippen molar-refractivity contribution in [3.05, 3.63) is 60.2 Å². The summed E-state index contributed by atoms with van der Waals surface area (Å²) in [5, 5.41) is 0. The summed E-state index contributed by atoms with van der Waals surface area (Å²) < 4.78 is 6.09. The first-order valence-corrected chi connectivity index (χ1v) is 9.60. The third-order valence-electron chi connectivity index (χ3n) is 6.11. The summed E-state index contributed by atoms with van der Waals surface area (Å²) in [4.78, 5) is 29.3. The number of carbonyl (C=O) groups excluding carboxylic acids is 2. The highest BCUT2D eigenvalue weighted by atomic mass is 16.5. The number of hydrogen-bond donors (Lipinski definition) is 0. The summed E-state index contributed by atoms with van der Waals surface area (Å²) in [7, 11) is 0. The summed E-state index contributed by atoms with van der Waals surface area (Å²) in [6.45, 7) is 2.03. The van der Waals surface area contributed by atoms with Crippen LogP contribution in [-0.4, -0.2) is 53.1 Å². The molecule has 138 valence electrons. The zero-order chi connectivity index (χ0) is 18.4. The van der Waals surface area contributed by atoms with Crippen LogP contribution in [0, 0.1) is 0 Å². The van der Waals surface area contributed by atoms with Gasteiger partial charge in [0.1, 0.15) is 0 Å². The van der Waals surface area contributed by atoms with Gasteiger partial charge in [0, 0.05) is 25.1 Å². The predicted molar refractivity (Wildman–Crippen MR) is 101 cm³/mol. The number of hydrogen-bond acceptors (Lipinski definition) is 3. The van der Waals surface area contributed by atoms with Crippen LogP contribution >= 0.6 is 0 Å². The zero-order valence-electron chi connectivity index (χ0n) is 15.1. The van der Waals surface area contributed by atoms with E-state index in [0.717, 1.165) is 24.1 Å². The van der Waals surface area contributed by atoms with Gasteiger partial charge < -0.3 is 14.5 Å². The van der Waals surface area contributed by atoms with E-state index in [2.05, 4.69) is 12.1 Å². The van der Waals surface area contributed by atoms with Gasteiger partial charge in [0.2, 0.25) is 5.91 Å². The van der Waals surface area contributed by atoms with E-state index in [4.69, 9.17) is 4.74 Å². The Labute approximate surface area is 158 Å². The topological polar surface area (TPSA) is 49.9 Å². The van der Waals surface area contributed by atoms with Crippen LogP contribution in [0.5, 0.6) is 0 Å². The molecule has 3 saturated heterocycles. The van der Waals surface area contributed by atoms with Crippen molar-refractivity contribution in [1.82, 2.24) is 9.80 Å². The van der Waals surface area contributed by atoms with Crippen LogP contribution in [-0.2, 0) is 9.53 Å². The number of likely N-dealkylation sites (tertiary alicyclic amines) is 1. The van der Waals surface area contributed by atoms with E-state index in [-0.39, 0.29) is 17.9 Å². The van der Waals surface area contributed by atoms with Crippen molar-refractivity contribution >= 4 is 11.8 Å². The van der Waals surface area contributed by atoms with Crippen molar-refractivity contribution in [3.8, 4) is 11.1 Å². The number of benzene rings is 2. The van der Waals surface area contributed by atoms with Gasteiger partial charge in [0.05, 0.1) is 19.1 Å². The number of rotatable bonds is 2. The van der Waals surface area contributed by atoms with Gasteiger partial charge >= 0.3 is 0 Å². The van der Waals surface area contributed by atoms with Crippen molar-refractivity contribution in [3.63, 3.8) is 0 Å². The standard InChI is InChI=1S/C22H22N2O3/c25-20-15-19-22(24(20)12-4-14-27-22)11-13-23(19)21(26)18-9-7-17(8-10-18)16-5-2-1-3-6-16/h1-3,5-10,19H,4,11-15H2/t19-,22+/m1/s1. The van der Waals surface area contributed by atoms with Crippen molar-refractivity contribution in [2.75, 3.05) is 19.7 Å². The SMILES string of the molecule is O=C(c1ccc(-c2ccccc2)cc1)N1CC[C@@]23OCCCN2C(=O)C[C@@H]13. The molecule has 0 unspecified atom stereocenters. The minimum atomic E-state index is -0.588. The van der Waals surface area contributed by atoms with Crippen LogP contribution < -0.4 is 0 Å². The Kier molecular flexibility index (Phi) is 3.79. The lowest BCUT2D eigenvalue weighted by Gasteiger charge is -2.42. The predicted octanol–water partition coefficient (Wildman–Crippen LogP) is 2.92. The van der Waals surface area contributed by atoms with Crippen LogP contribution in [0.4, 0.5) is 0 Å². The summed E-state index contributed by atoms with van der Waals surface area (Å²) in [6.07, 6.45) is 1.94. The minimum Gasteiger partial charge on any atom is -0.353 e. The molecule has 2 atom stereocenters. The maximum Gasteiger partial charge on any atom is 0.254 e. The molecule has 0 saturated carbocycles. The van der Waals surface area contributed by atoms with E-state index in [0.29, 0.717) is 31.6 Å². The maximum absolute atomic E-state index is 13.2. The van der Waals surface area contributed by atoms with E-state index in [1.807, 2.05) is 52.3 Å². The highest BCUT2D eigenvalue weighted by Crippen LogP contribution is 2.45. The van der Waals surface area contributed by atoms with Crippen molar-refractivity contribution in [1.29, 1.82) is 0 Å². The van der Waals surface area contributed by atoms with Gasteiger partial charge in [-0.25, -0.2) is 0 Å². The second-order valence-corrected chi connectivity index (χ2v) is 7.50. The average Bonchev–Trinajstić information content (AvgIpc) is 3.20. The molecule has 0 aliphatic carbocycles. The fraction of sp³-hybridized carbons (Fsp3) is 0.364. The van der Waals surface area contributed by atoms with Gasteiger partial charge in [-0.1, -0.05) is 42.5 Å². The van der Waals surface area contributed by atoms with Crippen LogP contribution in [0.15, 0.2) is 54.6 Å². The quantitative estimate of drug-likeness (QED) is 0.825.